The molecule has 0 aliphatic rings. The summed E-state index contributed by atoms with van der Waals surface area (Å²) in [4.78, 5) is 0. The Morgan fingerprint density at radius 2 is 1.80 bits per heavy atom. The SMILES string of the molecule is CC(N)CCCCCCO. The van der Waals surface area contributed by atoms with Gasteiger partial charge in [0.25, 0.3) is 0 Å². The van der Waals surface area contributed by atoms with Crippen LogP contribution in [-0.2, 0) is 0 Å². The molecule has 0 aliphatic carbocycles. The van der Waals surface area contributed by atoms with Gasteiger partial charge in [-0.15, -0.1) is 0 Å². The van der Waals surface area contributed by atoms with Gasteiger partial charge in [-0.1, -0.05) is 19.3 Å². The summed E-state index contributed by atoms with van der Waals surface area (Å²) in [5, 5.41) is 8.45. The van der Waals surface area contributed by atoms with Crippen LogP contribution in [0.1, 0.15) is 39.0 Å². The van der Waals surface area contributed by atoms with Gasteiger partial charge in [-0.05, 0) is 19.8 Å². The molecule has 0 fully saturated rings. The van der Waals surface area contributed by atoms with Crippen molar-refractivity contribution >= 4 is 0 Å². The number of rotatable bonds is 6. The number of nitrogens with two attached hydrogens (primary N) is 1. The van der Waals surface area contributed by atoms with E-state index in [4.69, 9.17) is 10.8 Å². The zero-order chi connectivity index (χ0) is 7.82. The molecule has 0 aromatic heterocycles. The predicted octanol–water partition coefficient (Wildman–Crippen LogP) is 1.28. The summed E-state index contributed by atoms with van der Waals surface area (Å²) in [6.45, 7) is 2.37. The Bertz CT molecular complexity index is 64.3. The van der Waals surface area contributed by atoms with Gasteiger partial charge in [0.1, 0.15) is 0 Å². The standard InChI is InChI=1S/C8H19NO/c1-8(9)6-4-2-3-5-7-10/h8,10H,2-7,9H2,1H3. The Hall–Kier alpha value is -0.0800. The lowest BCUT2D eigenvalue weighted by Crippen LogP contribution is -2.13. The summed E-state index contributed by atoms with van der Waals surface area (Å²) in [6.07, 6.45) is 5.62. The first-order valence-electron chi connectivity index (χ1n) is 4.14. The van der Waals surface area contributed by atoms with Gasteiger partial charge < -0.3 is 10.8 Å². The molecule has 0 saturated carbocycles. The highest BCUT2D eigenvalue weighted by atomic mass is 16.2. The third-order valence-corrected chi connectivity index (χ3v) is 1.57. The van der Waals surface area contributed by atoms with Crippen molar-refractivity contribution in [2.45, 2.75) is 45.1 Å². The number of aliphatic hydroxyl groups excluding tert-OH is 1. The van der Waals surface area contributed by atoms with Crippen molar-refractivity contribution < 1.29 is 5.11 Å². The fourth-order valence-corrected chi connectivity index (χ4v) is 0.932. The first-order valence-corrected chi connectivity index (χ1v) is 4.14. The highest BCUT2D eigenvalue weighted by Crippen LogP contribution is 2.03. The second-order valence-corrected chi connectivity index (χ2v) is 2.90. The molecule has 10 heavy (non-hydrogen) atoms. The molecule has 2 nitrogen and oxygen atoms in total. The van der Waals surface area contributed by atoms with Crippen molar-refractivity contribution in [1.29, 1.82) is 0 Å². The zero-order valence-corrected chi connectivity index (χ0v) is 6.84. The van der Waals surface area contributed by atoms with Crippen LogP contribution in [0.2, 0.25) is 0 Å². The molecule has 0 amide bonds. The minimum atomic E-state index is 0.332. The van der Waals surface area contributed by atoms with E-state index in [-0.39, 0.29) is 0 Å². The molecule has 0 aromatic rings. The van der Waals surface area contributed by atoms with Crippen LogP contribution in [0.3, 0.4) is 0 Å². The Balaban J connectivity index is 2.77. The van der Waals surface area contributed by atoms with Gasteiger partial charge in [0, 0.05) is 12.6 Å². The van der Waals surface area contributed by atoms with Crippen LogP contribution >= 0.6 is 0 Å². The van der Waals surface area contributed by atoms with Gasteiger partial charge >= 0.3 is 0 Å². The van der Waals surface area contributed by atoms with E-state index >= 15 is 0 Å². The summed E-state index contributed by atoms with van der Waals surface area (Å²) in [5.74, 6) is 0. The lowest BCUT2D eigenvalue weighted by Gasteiger charge is -2.02. The van der Waals surface area contributed by atoms with Crippen LogP contribution in [0.25, 0.3) is 0 Å². The minimum absolute atomic E-state index is 0.332. The van der Waals surface area contributed by atoms with Gasteiger partial charge in [0.05, 0.1) is 0 Å². The molecule has 0 rings (SSSR count). The van der Waals surface area contributed by atoms with Crippen LogP contribution in [0.15, 0.2) is 0 Å². The van der Waals surface area contributed by atoms with Crippen LogP contribution in [-0.4, -0.2) is 17.8 Å². The van der Waals surface area contributed by atoms with Gasteiger partial charge in [-0.2, -0.15) is 0 Å². The maximum atomic E-state index is 8.45. The van der Waals surface area contributed by atoms with Crippen molar-refractivity contribution in [2.24, 2.45) is 5.73 Å². The van der Waals surface area contributed by atoms with E-state index in [2.05, 4.69) is 0 Å². The molecule has 1 atom stereocenters. The van der Waals surface area contributed by atoms with Crippen molar-refractivity contribution in [3.8, 4) is 0 Å². The Morgan fingerprint density at radius 3 is 2.30 bits per heavy atom. The molecule has 0 spiro atoms. The number of unbranched alkanes of at least 4 members (excludes halogenated alkanes) is 3. The van der Waals surface area contributed by atoms with Crippen molar-refractivity contribution in [3.05, 3.63) is 0 Å². The quantitative estimate of drug-likeness (QED) is 0.553. The topological polar surface area (TPSA) is 46.2 Å². The predicted molar refractivity (Wildman–Crippen MR) is 43.8 cm³/mol. The first kappa shape index (κ1) is 9.92. The second-order valence-electron chi connectivity index (χ2n) is 2.90. The van der Waals surface area contributed by atoms with Crippen LogP contribution in [0.4, 0.5) is 0 Å². The van der Waals surface area contributed by atoms with Crippen LogP contribution in [0, 0.1) is 0 Å². The van der Waals surface area contributed by atoms with E-state index in [9.17, 15) is 0 Å². The molecular weight excluding hydrogens is 126 g/mol. The molecule has 0 saturated heterocycles. The normalized spacial score (nSPS) is 13.5. The van der Waals surface area contributed by atoms with E-state index in [0.29, 0.717) is 12.6 Å². The third kappa shape index (κ3) is 7.92. The average Bonchev–Trinajstić information content (AvgIpc) is 1.87. The largest absolute Gasteiger partial charge is 0.396 e. The first-order chi connectivity index (χ1) is 4.77. The monoisotopic (exact) mass is 145 g/mol. The Labute approximate surface area is 63.4 Å². The molecule has 0 aliphatic heterocycles. The summed E-state index contributed by atoms with van der Waals surface area (Å²) >= 11 is 0. The molecule has 2 heteroatoms. The summed E-state index contributed by atoms with van der Waals surface area (Å²) in [5.41, 5.74) is 5.56. The second kappa shape index (κ2) is 7.03. The van der Waals surface area contributed by atoms with E-state index in [0.717, 1.165) is 19.3 Å². The average molecular weight is 145 g/mol. The molecule has 62 valence electrons. The Morgan fingerprint density at radius 1 is 1.20 bits per heavy atom. The molecule has 0 bridgehead atoms. The molecule has 0 heterocycles. The van der Waals surface area contributed by atoms with E-state index in [1.165, 1.54) is 12.8 Å². The highest BCUT2D eigenvalue weighted by Gasteiger charge is 1.93. The Kier molecular flexibility index (Phi) is 6.98. The van der Waals surface area contributed by atoms with Gasteiger partial charge in [0.15, 0.2) is 0 Å². The lowest BCUT2D eigenvalue weighted by atomic mass is 10.1. The maximum absolute atomic E-state index is 8.45. The summed E-state index contributed by atoms with van der Waals surface area (Å²) in [6, 6.07) is 0.342. The molecular formula is C8H19NO. The van der Waals surface area contributed by atoms with Crippen LogP contribution < -0.4 is 5.73 Å². The van der Waals surface area contributed by atoms with Crippen molar-refractivity contribution in [2.75, 3.05) is 6.61 Å². The maximum Gasteiger partial charge on any atom is 0.0431 e. The summed E-state index contributed by atoms with van der Waals surface area (Å²) in [7, 11) is 0. The third-order valence-electron chi connectivity index (χ3n) is 1.57. The van der Waals surface area contributed by atoms with Gasteiger partial charge in [-0.3, -0.25) is 0 Å². The lowest BCUT2D eigenvalue weighted by molar-refractivity contribution is 0.282. The van der Waals surface area contributed by atoms with Gasteiger partial charge in [-0.25, -0.2) is 0 Å². The fourth-order valence-electron chi connectivity index (χ4n) is 0.932. The minimum Gasteiger partial charge on any atom is -0.396 e. The fraction of sp³-hybridized carbons (Fsp3) is 1.00. The number of aliphatic hydroxyl groups is 1. The molecule has 0 radical (unpaired) electrons. The van der Waals surface area contributed by atoms with Crippen molar-refractivity contribution in [1.82, 2.24) is 0 Å². The summed E-state index contributed by atoms with van der Waals surface area (Å²) < 4.78 is 0. The zero-order valence-electron chi connectivity index (χ0n) is 6.84. The molecule has 1 unspecified atom stereocenters. The highest BCUT2D eigenvalue weighted by molar-refractivity contribution is 4.52. The molecule has 0 aromatic carbocycles. The molecule has 3 N–H and O–H groups in total. The van der Waals surface area contributed by atoms with E-state index in [1.54, 1.807) is 0 Å². The van der Waals surface area contributed by atoms with Crippen molar-refractivity contribution in [3.63, 3.8) is 0 Å². The number of hydrogen-bond donors (Lipinski definition) is 2. The smallest absolute Gasteiger partial charge is 0.0431 e. The van der Waals surface area contributed by atoms with E-state index in [1.807, 2.05) is 6.92 Å². The van der Waals surface area contributed by atoms with Gasteiger partial charge in [0.2, 0.25) is 0 Å². The van der Waals surface area contributed by atoms with E-state index < -0.39 is 0 Å². The van der Waals surface area contributed by atoms with Crippen LogP contribution in [0.5, 0.6) is 0 Å². The number of hydrogen-bond acceptors (Lipinski definition) is 2.